The standard InChI is InChI=1S/C14H16F3N3O/c15-14(16,17)9-3-6-18-10(8-9)12(21)20-13-4-1-2-11(13)19-7-5-13/h3,6,8,11,19H,1-2,4-5,7H2,(H,20,21). The second kappa shape index (κ2) is 4.98. The summed E-state index contributed by atoms with van der Waals surface area (Å²) in [6.07, 6.45) is 0.206. The quantitative estimate of drug-likeness (QED) is 0.879. The minimum atomic E-state index is -4.47. The third kappa shape index (κ3) is 2.62. The summed E-state index contributed by atoms with van der Waals surface area (Å²) in [6.45, 7) is 0.820. The number of pyridine rings is 1. The zero-order valence-electron chi connectivity index (χ0n) is 11.3. The van der Waals surface area contributed by atoms with Crippen molar-refractivity contribution in [1.29, 1.82) is 0 Å². The molecular formula is C14H16F3N3O. The van der Waals surface area contributed by atoms with E-state index in [-0.39, 0.29) is 17.3 Å². The largest absolute Gasteiger partial charge is 0.416 e. The molecule has 0 radical (unpaired) electrons. The number of fused-ring (bicyclic) bond motifs is 1. The van der Waals surface area contributed by atoms with Gasteiger partial charge >= 0.3 is 6.18 Å². The maximum absolute atomic E-state index is 12.7. The highest BCUT2D eigenvalue weighted by Crippen LogP contribution is 2.37. The predicted molar refractivity (Wildman–Crippen MR) is 69.7 cm³/mol. The van der Waals surface area contributed by atoms with E-state index in [0.29, 0.717) is 0 Å². The van der Waals surface area contributed by atoms with Crippen molar-refractivity contribution >= 4 is 5.91 Å². The highest BCUT2D eigenvalue weighted by Gasteiger charge is 2.47. The molecule has 0 bridgehead atoms. The first kappa shape index (κ1) is 14.3. The molecule has 1 aliphatic heterocycles. The van der Waals surface area contributed by atoms with Crippen molar-refractivity contribution in [1.82, 2.24) is 15.6 Å². The van der Waals surface area contributed by atoms with E-state index in [0.717, 1.165) is 50.6 Å². The van der Waals surface area contributed by atoms with Gasteiger partial charge in [0, 0.05) is 12.2 Å². The van der Waals surface area contributed by atoms with Crippen LogP contribution in [0.2, 0.25) is 0 Å². The molecule has 2 unspecified atom stereocenters. The molecule has 2 aliphatic rings. The van der Waals surface area contributed by atoms with Gasteiger partial charge < -0.3 is 10.6 Å². The number of aromatic nitrogens is 1. The lowest BCUT2D eigenvalue weighted by Crippen LogP contribution is -2.53. The molecule has 114 valence electrons. The van der Waals surface area contributed by atoms with Gasteiger partial charge in [0.05, 0.1) is 11.1 Å². The number of hydrogen-bond donors (Lipinski definition) is 2. The molecule has 2 fully saturated rings. The van der Waals surface area contributed by atoms with Crippen LogP contribution in [0.25, 0.3) is 0 Å². The van der Waals surface area contributed by atoms with Gasteiger partial charge in [-0.1, -0.05) is 0 Å². The molecule has 1 saturated heterocycles. The second-order valence-corrected chi connectivity index (χ2v) is 5.69. The van der Waals surface area contributed by atoms with Gasteiger partial charge in [-0.2, -0.15) is 13.2 Å². The first-order chi connectivity index (χ1) is 9.91. The van der Waals surface area contributed by atoms with Crippen LogP contribution in [0.1, 0.15) is 41.7 Å². The Balaban J connectivity index is 1.80. The van der Waals surface area contributed by atoms with Crippen molar-refractivity contribution in [2.75, 3.05) is 6.54 Å². The Morgan fingerprint density at radius 2 is 2.24 bits per heavy atom. The molecule has 1 saturated carbocycles. The van der Waals surface area contributed by atoms with Crippen molar-refractivity contribution in [3.8, 4) is 0 Å². The maximum atomic E-state index is 12.7. The fourth-order valence-corrected chi connectivity index (χ4v) is 3.37. The molecule has 2 atom stereocenters. The van der Waals surface area contributed by atoms with Crippen LogP contribution in [0.4, 0.5) is 13.2 Å². The number of rotatable bonds is 2. The van der Waals surface area contributed by atoms with Gasteiger partial charge in [0.15, 0.2) is 0 Å². The van der Waals surface area contributed by atoms with E-state index >= 15 is 0 Å². The van der Waals surface area contributed by atoms with E-state index in [1.54, 1.807) is 0 Å². The van der Waals surface area contributed by atoms with Crippen LogP contribution < -0.4 is 10.6 Å². The molecule has 1 aromatic rings. The maximum Gasteiger partial charge on any atom is 0.416 e. The van der Waals surface area contributed by atoms with Crippen LogP contribution in [0.15, 0.2) is 18.3 Å². The molecule has 7 heteroatoms. The van der Waals surface area contributed by atoms with Gasteiger partial charge in [-0.05, 0) is 44.4 Å². The molecular weight excluding hydrogens is 283 g/mol. The number of nitrogens with zero attached hydrogens (tertiary/aromatic N) is 1. The summed E-state index contributed by atoms with van der Waals surface area (Å²) in [5.74, 6) is -0.531. The number of halogens is 3. The van der Waals surface area contributed by atoms with Crippen LogP contribution in [-0.4, -0.2) is 29.0 Å². The van der Waals surface area contributed by atoms with Crippen LogP contribution in [0.5, 0.6) is 0 Å². The Hall–Kier alpha value is -1.63. The summed E-state index contributed by atoms with van der Waals surface area (Å²) >= 11 is 0. The first-order valence-electron chi connectivity index (χ1n) is 7.00. The van der Waals surface area contributed by atoms with E-state index in [1.807, 2.05) is 0 Å². The Morgan fingerprint density at radius 3 is 3.00 bits per heavy atom. The fourth-order valence-electron chi connectivity index (χ4n) is 3.37. The number of nitrogens with one attached hydrogen (secondary N) is 2. The molecule has 4 nitrogen and oxygen atoms in total. The van der Waals surface area contributed by atoms with Gasteiger partial charge in [0.25, 0.3) is 5.91 Å². The van der Waals surface area contributed by atoms with Gasteiger partial charge in [-0.3, -0.25) is 9.78 Å². The minimum Gasteiger partial charge on any atom is -0.344 e. The summed E-state index contributed by atoms with van der Waals surface area (Å²) in [4.78, 5) is 16.0. The molecule has 2 heterocycles. The molecule has 0 aromatic carbocycles. The Morgan fingerprint density at radius 1 is 1.43 bits per heavy atom. The van der Waals surface area contributed by atoms with Crippen molar-refractivity contribution in [3.05, 3.63) is 29.6 Å². The number of carbonyl (C=O) groups excluding carboxylic acids is 1. The van der Waals surface area contributed by atoms with E-state index in [4.69, 9.17) is 0 Å². The normalized spacial score (nSPS) is 28.4. The summed E-state index contributed by atoms with van der Waals surface area (Å²) < 4.78 is 38.0. The lowest BCUT2D eigenvalue weighted by Gasteiger charge is -2.30. The second-order valence-electron chi connectivity index (χ2n) is 5.69. The van der Waals surface area contributed by atoms with Gasteiger partial charge in [-0.25, -0.2) is 0 Å². The third-order valence-electron chi connectivity index (χ3n) is 4.43. The van der Waals surface area contributed by atoms with Gasteiger partial charge in [-0.15, -0.1) is 0 Å². The van der Waals surface area contributed by atoms with Gasteiger partial charge in [0.2, 0.25) is 0 Å². The van der Waals surface area contributed by atoms with Crippen molar-refractivity contribution in [3.63, 3.8) is 0 Å². The fraction of sp³-hybridized carbons (Fsp3) is 0.571. The highest BCUT2D eigenvalue weighted by atomic mass is 19.4. The molecule has 2 N–H and O–H groups in total. The molecule has 1 aliphatic carbocycles. The molecule has 0 spiro atoms. The molecule has 3 rings (SSSR count). The summed E-state index contributed by atoms with van der Waals surface area (Å²) in [6, 6.07) is 1.88. The Kier molecular flexibility index (Phi) is 3.39. The number of carbonyl (C=O) groups is 1. The number of alkyl halides is 3. The van der Waals surface area contributed by atoms with Crippen molar-refractivity contribution in [2.24, 2.45) is 0 Å². The average Bonchev–Trinajstić information content (AvgIpc) is 2.97. The zero-order valence-corrected chi connectivity index (χ0v) is 11.3. The minimum absolute atomic E-state index is 0.184. The van der Waals surface area contributed by atoms with Crippen LogP contribution in [-0.2, 0) is 6.18 Å². The molecule has 1 aromatic heterocycles. The SMILES string of the molecule is O=C(NC12CCCC1NCC2)c1cc(C(F)(F)F)ccn1. The average molecular weight is 299 g/mol. The summed E-state index contributed by atoms with van der Waals surface area (Å²) in [7, 11) is 0. The number of amides is 1. The highest BCUT2D eigenvalue weighted by molar-refractivity contribution is 5.93. The Labute approximate surface area is 120 Å². The van der Waals surface area contributed by atoms with Crippen LogP contribution in [0, 0.1) is 0 Å². The zero-order chi connectivity index (χ0) is 15.1. The molecule has 1 amide bonds. The third-order valence-corrected chi connectivity index (χ3v) is 4.43. The van der Waals surface area contributed by atoms with Gasteiger partial charge in [0.1, 0.15) is 5.69 Å². The first-order valence-corrected chi connectivity index (χ1v) is 7.00. The van der Waals surface area contributed by atoms with Crippen molar-refractivity contribution in [2.45, 2.75) is 43.4 Å². The summed E-state index contributed by atoms with van der Waals surface area (Å²) in [5.41, 5.74) is -1.36. The van der Waals surface area contributed by atoms with E-state index in [9.17, 15) is 18.0 Å². The van der Waals surface area contributed by atoms with Crippen molar-refractivity contribution < 1.29 is 18.0 Å². The van der Waals surface area contributed by atoms with Crippen LogP contribution >= 0.6 is 0 Å². The molecule has 21 heavy (non-hydrogen) atoms. The lowest BCUT2D eigenvalue weighted by molar-refractivity contribution is -0.137. The lowest BCUT2D eigenvalue weighted by atomic mass is 9.93. The van der Waals surface area contributed by atoms with E-state index in [2.05, 4.69) is 15.6 Å². The van der Waals surface area contributed by atoms with Crippen LogP contribution in [0.3, 0.4) is 0 Å². The summed E-state index contributed by atoms with van der Waals surface area (Å²) in [5, 5.41) is 6.25. The van der Waals surface area contributed by atoms with E-state index < -0.39 is 17.6 Å². The predicted octanol–water partition coefficient (Wildman–Crippen LogP) is 2.11. The Bertz CT molecular complexity index is 549. The van der Waals surface area contributed by atoms with E-state index in [1.165, 1.54) is 0 Å². The monoisotopic (exact) mass is 299 g/mol. The smallest absolute Gasteiger partial charge is 0.344 e. The topological polar surface area (TPSA) is 54.0 Å². The number of hydrogen-bond acceptors (Lipinski definition) is 3.